The average molecular weight is 440 g/mol. The number of allylic oxidation sites excluding steroid dienone is 2. The van der Waals surface area contributed by atoms with Gasteiger partial charge in [0.25, 0.3) is 0 Å². The summed E-state index contributed by atoms with van der Waals surface area (Å²) in [7, 11) is 0.762. The van der Waals surface area contributed by atoms with Crippen molar-refractivity contribution in [1.82, 2.24) is 15.0 Å². The molecule has 0 fully saturated rings. The second kappa shape index (κ2) is 10.8. The largest absolute Gasteiger partial charge is 0.393 e. The highest BCUT2D eigenvalue weighted by molar-refractivity contribution is 7.88. The number of hydrogen-bond acceptors (Lipinski definition) is 4. The third-order valence-corrected chi connectivity index (χ3v) is 6.04. The Morgan fingerprint density at radius 1 is 1.29 bits per heavy atom. The first kappa shape index (κ1) is 22.5. The molecule has 5 nitrogen and oxygen atoms in total. The quantitative estimate of drug-likeness (QED) is 0.578. The van der Waals surface area contributed by atoms with Crippen molar-refractivity contribution < 1.29 is 8.78 Å². The third kappa shape index (κ3) is 6.41. The maximum absolute atomic E-state index is 13.7. The topological polar surface area (TPSA) is 84.6 Å². The van der Waals surface area contributed by atoms with Crippen LogP contribution in [0.1, 0.15) is 29.7 Å². The standard InChI is InChI=1S/C23H23F2N5S/c1-28-15-22-18(11-17-12-21(14-26)29-23(25)13-17)7-10-20(30-31(22)27)4-2-3-16-5-8-19(24)9-6-16/h5-13,15,20,28H,2-4H2,1H3,(H2,27,30)/b18-11+,22-15?. The Hall–Kier alpha value is -3.15. The average Bonchev–Trinajstić information content (AvgIpc) is 2.89. The van der Waals surface area contributed by atoms with E-state index in [4.69, 9.17) is 10.0 Å². The van der Waals surface area contributed by atoms with Gasteiger partial charge in [0.1, 0.15) is 17.6 Å². The summed E-state index contributed by atoms with van der Waals surface area (Å²) in [6.07, 6.45) is 9.96. The van der Waals surface area contributed by atoms with Crippen molar-refractivity contribution in [3.8, 4) is 6.07 Å². The highest BCUT2D eigenvalue weighted by Crippen LogP contribution is 2.23. The van der Waals surface area contributed by atoms with Gasteiger partial charge in [-0.2, -0.15) is 9.65 Å². The molecular formula is C23H23F2N5S. The zero-order valence-electron chi connectivity index (χ0n) is 17.0. The minimum atomic E-state index is -0.999. The fourth-order valence-corrected chi connectivity index (χ4v) is 4.46. The van der Waals surface area contributed by atoms with E-state index in [0.717, 1.165) is 35.3 Å². The van der Waals surface area contributed by atoms with Crippen LogP contribution in [0, 0.1) is 27.9 Å². The zero-order valence-corrected chi connectivity index (χ0v) is 17.8. The molecule has 0 aliphatic carbocycles. The maximum atomic E-state index is 13.7. The van der Waals surface area contributed by atoms with E-state index in [0.29, 0.717) is 5.56 Å². The molecule has 2 aromatic rings. The van der Waals surface area contributed by atoms with Crippen LogP contribution in [0.5, 0.6) is 0 Å². The molecule has 2 unspecified atom stereocenters. The first-order valence-corrected chi connectivity index (χ1v) is 11.0. The lowest BCUT2D eigenvalue weighted by Gasteiger charge is -2.15. The number of rotatable bonds is 6. The van der Waals surface area contributed by atoms with Crippen LogP contribution in [0.15, 0.2) is 65.2 Å². The molecule has 0 saturated heterocycles. The van der Waals surface area contributed by atoms with Crippen LogP contribution in [0.4, 0.5) is 8.78 Å². The summed E-state index contributed by atoms with van der Waals surface area (Å²) in [6, 6.07) is 11.1. The van der Waals surface area contributed by atoms with Crippen LogP contribution in [0.3, 0.4) is 0 Å². The number of nitriles is 1. The first-order chi connectivity index (χ1) is 15.0. The number of pyridine rings is 1. The third-order valence-electron chi connectivity index (χ3n) is 4.70. The lowest BCUT2D eigenvalue weighted by molar-refractivity contribution is 0.582. The van der Waals surface area contributed by atoms with E-state index in [1.54, 1.807) is 31.5 Å². The molecule has 1 aliphatic heterocycles. The Bertz CT molecular complexity index is 1080. The number of aromatic nitrogens is 1. The highest BCUT2D eigenvalue weighted by atomic mass is 32.2. The van der Waals surface area contributed by atoms with Gasteiger partial charge in [-0.25, -0.2) is 14.1 Å². The maximum Gasteiger partial charge on any atom is 0.214 e. The van der Waals surface area contributed by atoms with Gasteiger partial charge in [0.05, 0.1) is 4.91 Å². The van der Waals surface area contributed by atoms with Gasteiger partial charge in [0, 0.05) is 25.4 Å². The first-order valence-electron chi connectivity index (χ1n) is 9.80. The summed E-state index contributed by atoms with van der Waals surface area (Å²) in [5, 5.41) is 12.0. The van der Waals surface area contributed by atoms with Crippen molar-refractivity contribution in [2.45, 2.75) is 25.3 Å². The molecule has 0 radical (unpaired) electrons. The number of hydrogen-bond donors (Lipinski definition) is 3. The second-order valence-corrected chi connectivity index (χ2v) is 8.31. The van der Waals surface area contributed by atoms with E-state index < -0.39 is 16.8 Å². The van der Waals surface area contributed by atoms with Crippen LogP contribution >= 0.6 is 0 Å². The molecule has 1 aromatic carbocycles. The van der Waals surface area contributed by atoms with Crippen LogP contribution in [0.2, 0.25) is 0 Å². The lowest BCUT2D eigenvalue weighted by atomic mass is 10.0. The van der Waals surface area contributed by atoms with Gasteiger partial charge >= 0.3 is 0 Å². The van der Waals surface area contributed by atoms with E-state index in [1.165, 1.54) is 24.3 Å². The molecule has 3 N–H and O–H groups in total. The van der Waals surface area contributed by atoms with E-state index in [9.17, 15) is 8.78 Å². The molecular weight excluding hydrogens is 416 g/mol. The van der Waals surface area contributed by atoms with Crippen LogP contribution < -0.4 is 10.0 Å². The molecule has 2 atom stereocenters. The molecule has 31 heavy (non-hydrogen) atoms. The van der Waals surface area contributed by atoms with Gasteiger partial charge in [-0.1, -0.05) is 24.3 Å². The number of benzene rings is 1. The molecule has 160 valence electrons. The lowest BCUT2D eigenvalue weighted by Crippen LogP contribution is -2.28. The van der Waals surface area contributed by atoms with Crippen molar-refractivity contribution in [3.05, 3.63) is 93.8 Å². The van der Waals surface area contributed by atoms with E-state index in [2.05, 4.69) is 15.0 Å². The Balaban J connectivity index is 1.78. The zero-order chi connectivity index (χ0) is 22.2. The predicted octanol–water partition coefficient (Wildman–Crippen LogP) is 4.52. The van der Waals surface area contributed by atoms with E-state index in [-0.39, 0.29) is 17.6 Å². The Kier molecular flexibility index (Phi) is 7.82. The second-order valence-electron chi connectivity index (χ2n) is 7.03. The van der Waals surface area contributed by atoms with Crippen LogP contribution in [-0.4, -0.2) is 18.1 Å². The minimum Gasteiger partial charge on any atom is -0.393 e. The summed E-state index contributed by atoms with van der Waals surface area (Å²) >= 11 is 0. The van der Waals surface area contributed by atoms with Gasteiger partial charge in [0.2, 0.25) is 5.95 Å². The van der Waals surface area contributed by atoms with Crippen LogP contribution in [-0.2, 0) is 17.3 Å². The van der Waals surface area contributed by atoms with Gasteiger partial charge in [-0.05, 0) is 71.1 Å². The molecule has 0 spiro atoms. The smallest absolute Gasteiger partial charge is 0.214 e. The SMILES string of the molecule is CNC=C1/C(=C/c2cc(F)nc(C#N)c2)C=CC(CCCc2ccc(F)cc2)NS1=N. The van der Waals surface area contributed by atoms with Gasteiger partial charge in [-0.15, -0.1) is 0 Å². The van der Waals surface area contributed by atoms with Crippen LogP contribution in [0.25, 0.3) is 6.08 Å². The molecule has 0 bridgehead atoms. The number of nitrogens with one attached hydrogen (secondary N) is 3. The van der Waals surface area contributed by atoms with Crippen molar-refractivity contribution in [2.24, 2.45) is 0 Å². The minimum absolute atomic E-state index is 0.00344. The monoisotopic (exact) mass is 439 g/mol. The Morgan fingerprint density at radius 2 is 2.06 bits per heavy atom. The van der Waals surface area contributed by atoms with Crippen molar-refractivity contribution in [3.63, 3.8) is 0 Å². The molecule has 0 amide bonds. The fraction of sp³-hybridized carbons (Fsp3) is 0.217. The molecule has 0 saturated carbocycles. The molecule has 2 heterocycles. The fourth-order valence-electron chi connectivity index (χ4n) is 3.24. The number of halogens is 2. The summed E-state index contributed by atoms with van der Waals surface area (Å²) in [6.45, 7) is 0. The highest BCUT2D eigenvalue weighted by Gasteiger charge is 2.17. The number of nitrogens with zero attached hydrogens (tertiary/aromatic N) is 2. The molecule has 1 aliphatic rings. The Morgan fingerprint density at radius 3 is 2.77 bits per heavy atom. The number of aryl methyl sites for hydroxylation is 1. The van der Waals surface area contributed by atoms with Gasteiger partial charge < -0.3 is 5.32 Å². The van der Waals surface area contributed by atoms with E-state index >= 15 is 0 Å². The molecule has 8 heteroatoms. The van der Waals surface area contributed by atoms with Crippen molar-refractivity contribution in [1.29, 1.82) is 10.0 Å². The van der Waals surface area contributed by atoms with Crippen molar-refractivity contribution >= 4 is 17.0 Å². The summed E-state index contributed by atoms with van der Waals surface area (Å²) in [5.74, 6) is -0.959. The summed E-state index contributed by atoms with van der Waals surface area (Å²) < 4.78 is 38.7. The Labute approximate surface area is 183 Å². The predicted molar refractivity (Wildman–Crippen MR) is 120 cm³/mol. The molecule has 3 rings (SSSR count). The summed E-state index contributed by atoms with van der Waals surface area (Å²) in [5.41, 5.74) is 2.35. The normalized spacial score (nSPS) is 21.1. The van der Waals surface area contributed by atoms with E-state index in [1.807, 2.05) is 18.2 Å². The van der Waals surface area contributed by atoms with Gasteiger partial charge in [-0.3, -0.25) is 4.78 Å². The molecule has 1 aromatic heterocycles. The van der Waals surface area contributed by atoms with Gasteiger partial charge in [0.15, 0.2) is 0 Å². The van der Waals surface area contributed by atoms with Crippen molar-refractivity contribution in [2.75, 3.05) is 7.05 Å². The summed E-state index contributed by atoms with van der Waals surface area (Å²) in [4.78, 5) is 4.27.